The number of benzene rings is 3. The van der Waals surface area contributed by atoms with E-state index in [4.69, 9.17) is 11.6 Å². The molecule has 0 atom stereocenters. The number of halogens is 1. The van der Waals surface area contributed by atoms with Gasteiger partial charge in [-0.15, -0.1) is 0 Å². The minimum atomic E-state index is -3.76. The SMILES string of the molecule is Cc1cc(C)cc(NC(=O)c2ccc(NS(=O)(=O)c3ccccc3)c(Cl)c2)c1. The lowest BCUT2D eigenvalue weighted by Crippen LogP contribution is -2.15. The molecule has 0 aromatic heterocycles. The van der Waals surface area contributed by atoms with Crippen LogP contribution in [-0.4, -0.2) is 14.3 Å². The van der Waals surface area contributed by atoms with Crippen LogP contribution < -0.4 is 10.0 Å². The van der Waals surface area contributed by atoms with E-state index >= 15 is 0 Å². The van der Waals surface area contributed by atoms with Gasteiger partial charge in [0.1, 0.15) is 0 Å². The monoisotopic (exact) mass is 414 g/mol. The second-order valence-corrected chi connectivity index (χ2v) is 8.53. The number of amides is 1. The van der Waals surface area contributed by atoms with Gasteiger partial charge in [-0.3, -0.25) is 9.52 Å². The smallest absolute Gasteiger partial charge is 0.261 e. The normalized spacial score (nSPS) is 11.1. The summed E-state index contributed by atoms with van der Waals surface area (Å²) in [7, 11) is -3.76. The first-order valence-electron chi connectivity index (χ1n) is 8.52. The lowest BCUT2D eigenvalue weighted by atomic mass is 10.1. The van der Waals surface area contributed by atoms with Crippen molar-refractivity contribution >= 4 is 38.9 Å². The van der Waals surface area contributed by atoms with E-state index in [0.717, 1.165) is 11.1 Å². The average Bonchev–Trinajstić information content (AvgIpc) is 2.63. The Hall–Kier alpha value is -2.83. The molecular weight excluding hydrogens is 396 g/mol. The van der Waals surface area contributed by atoms with Gasteiger partial charge in [-0.1, -0.05) is 35.9 Å². The third-order valence-corrected chi connectivity index (χ3v) is 5.70. The topological polar surface area (TPSA) is 75.3 Å². The number of carbonyl (C=O) groups is 1. The van der Waals surface area contributed by atoms with E-state index in [1.165, 1.54) is 30.3 Å². The average molecular weight is 415 g/mol. The summed E-state index contributed by atoms with van der Waals surface area (Å²) in [5.74, 6) is -0.329. The Balaban J connectivity index is 1.79. The van der Waals surface area contributed by atoms with Crippen molar-refractivity contribution in [3.63, 3.8) is 0 Å². The first-order valence-corrected chi connectivity index (χ1v) is 10.4. The maximum absolute atomic E-state index is 12.5. The fraction of sp³-hybridized carbons (Fsp3) is 0.0952. The molecule has 144 valence electrons. The highest BCUT2D eigenvalue weighted by atomic mass is 35.5. The van der Waals surface area contributed by atoms with Gasteiger partial charge in [0.25, 0.3) is 15.9 Å². The molecular formula is C21H19ClN2O3S. The van der Waals surface area contributed by atoms with Crippen LogP contribution in [0.15, 0.2) is 71.6 Å². The van der Waals surface area contributed by atoms with Crippen LogP contribution in [0.3, 0.4) is 0 Å². The van der Waals surface area contributed by atoms with Gasteiger partial charge in [0.05, 0.1) is 15.6 Å². The quantitative estimate of drug-likeness (QED) is 0.616. The molecule has 3 aromatic carbocycles. The Bertz CT molecular complexity index is 1110. The first-order chi connectivity index (χ1) is 13.2. The fourth-order valence-corrected chi connectivity index (χ4v) is 4.18. The molecule has 0 saturated carbocycles. The molecule has 2 N–H and O–H groups in total. The zero-order chi connectivity index (χ0) is 20.3. The Labute approximate surface area is 169 Å². The van der Waals surface area contributed by atoms with Crippen LogP contribution >= 0.6 is 11.6 Å². The van der Waals surface area contributed by atoms with E-state index in [2.05, 4.69) is 10.0 Å². The highest BCUT2D eigenvalue weighted by Crippen LogP contribution is 2.26. The summed E-state index contributed by atoms with van der Waals surface area (Å²) in [5, 5.41) is 2.96. The molecule has 28 heavy (non-hydrogen) atoms. The second-order valence-electron chi connectivity index (χ2n) is 6.44. The van der Waals surface area contributed by atoms with Gasteiger partial charge in [0.15, 0.2) is 0 Å². The Morgan fingerprint density at radius 1 is 0.893 bits per heavy atom. The summed E-state index contributed by atoms with van der Waals surface area (Å²) in [6, 6.07) is 18.2. The van der Waals surface area contributed by atoms with Gasteiger partial charge in [0.2, 0.25) is 0 Å². The highest BCUT2D eigenvalue weighted by Gasteiger charge is 2.16. The molecule has 0 fully saturated rings. The molecule has 0 heterocycles. The van der Waals surface area contributed by atoms with Crippen LogP contribution in [0.4, 0.5) is 11.4 Å². The maximum atomic E-state index is 12.5. The summed E-state index contributed by atoms with van der Waals surface area (Å²) in [6.45, 7) is 3.90. The molecule has 0 unspecified atom stereocenters. The van der Waals surface area contributed by atoms with Crippen molar-refractivity contribution in [2.45, 2.75) is 18.7 Å². The number of rotatable bonds is 5. The molecule has 1 amide bonds. The molecule has 0 aliphatic carbocycles. The number of aryl methyl sites for hydroxylation is 2. The first kappa shape index (κ1) is 19.9. The van der Waals surface area contributed by atoms with Crippen molar-refractivity contribution in [1.29, 1.82) is 0 Å². The summed E-state index contributed by atoms with van der Waals surface area (Å²) in [6.07, 6.45) is 0. The highest BCUT2D eigenvalue weighted by molar-refractivity contribution is 7.92. The lowest BCUT2D eigenvalue weighted by Gasteiger charge is -2.12. The van der Waals surface area contributed by atoms with Gasteiger partial charge in [-0.05, 0) is 67.4 Å². The largest absolute Gasteiger partial charge is 0.322 e. The number of anilines is 2. The van der Waals surface area contributed by atoms with Crippen molar-refractivity contribution in [2.24, 2.45) is 0 Å². The molecule has 5 nitrogen and oxygen atoms in total. The molecule has 0 radical (unpaired) electrons. The van der Waals surface area contributed by atoms with Gasteiger partial charge >= 0.3 is 0 Å². The van der Waals surface area contributed by atoms with Gasteiger partial charge in [-0.2, -0.15) is 0 Å². The van der Waals surface area contributed by atoms with Crippen LogP contribution in [0, 0.1) is 13.8 Å². The van der Waals surface area contributed by atoms with Crippen LogP contribution in [0.5, 0.6) is 0 Å². The van der Waals surface area contributed by atoms with Crippen molar-refractivity contribution in [3.05, 3.63) is 88.4 Å². The van der Waals surface area contributed by atoms with Crippen LogP contribution in [0.25, 0.3) is 0 Å². The Kier molecular flexibility index (Phi) is 5.72. The van der Waals surface area contributed by atoms with E-state index < -0.39 is 10.0 Å². The fourth-order valence-electron chi connectivity index (χ4n) is 2.79. The summed E-state index contributed by atoms with van der Waals surface area (Å²) in [5.41, 5.74) is 3.30. The third kappa shape index (κ3) is 4.71. The van der Waals surface area contributed by atoms with Crippen molar-refractivity contribution < 1.29 is 13.2 Å². The minimum Gasteiger partial charge on any atom is -0.322 e. The molecule has 0 saturated heterocycles. The minimum absolute atomic E-state index is 0.128. The van der Waals surface area contributed by atoms with E-state index in [1.807, 2.05) is 32.0 Å². The van der Waals surface area contributed by atoms with E-state index in [0.29, 0.717) is 11.3 Å². The van der Waals surface area contributed by atoms with Crippen molar-refractivity contribution in [1.82, 2.24) is 0 Å². The summed E-state index contributed by atoms with van der Waals surface area (Å²) >= 11 is 6.21. The van der Waals surface area contributed by atoms with Gasteiger partial charge in [-0.25, -0.2) is 8.42 Å². The van der Waals surface area contributed by atoms with E-state index in [1.54, 1.807) is 18.2 Å². The zero-order valence-electron chi connectivity index (χ0n) is 15.4. The summed E-state index contributed by atoms with van der Waals surface area (Å²) in [4.78, 5) is 12.6. The third-order valence-electron chi connectivity index (χ3n) is 4.01. The second kappa shape index (κ2) is 8.04. The predicted molar refractivity (Wildman–Crippen MR) is 113 cm³/mol. The maximum Gasteiger partial charge on any atom is 0.261 e. The number of hydrogen-bond donors (Lipinski definition) is 2. The number of carbonyl (C=O) groups excluding carboxylic acids is 1. The van der Waals surface area contributed by atoms with E-state index in [-0.39, 0.29) is 21.5 Å². The summed E-state index contributed by atoms with van der Waals surface area (Å²) < 4.78 is 27.3. The Morgan fingerprint density at radius 2 is 1.54 bits per heavy atom. The van der Waals surface area contributed by atoms with Gasteiger partial charge < -0.3 is 5.32 Å². The molecule has 7 heteroatoms. The van der Waals surface area contributed by atoms with Crippen molar-refractivity contribution in [2.75, 3.05) is 10.0 Å². The molecule has 0 spiro atoms. The number of hydrogen-bond acceptors (Lipinski definition) is 3. The number of nitrogens with one attached hydrogen (secondary N) is 2. The van der Waals surface area contributed by atoms with Crippen LogP contribution in [0.2, 0.25) is 5.02 Å². The van der Waals surface area contributed by atoms with Gasteiger partial charge in [0, 0.05) is 11.3 Å². The van der Waals surface area contributed by atoms with E-state index in [9.17, 15) is 13.2 Å². The number of sulfonamides is 1. The Morgan fingerprint density at radius 3 is 2.14 bits per heavy atom. The zero-order valence-corrected chi connectivity index (χ0v) is 16.9. The van der Waals surface area contributed by atoms with Crippen molar-refractivity contribution in [3.8, 4) is 0 Å². The van der Waals surface area contributed by atoms with Crippen LogP contribution in [-0.2, 0) is 10.0 Å². The molecule has 0 aliphatic rings. The molecule has 3 aromatic rings. The van der Waals surface area contributed by atoms with Crippen LogP contribution in [0.1, 0.15) is 21.5 Å². The lowest BCUT2D eigenvalue weighted by molar-refractivity contribution is 0.102. The molecule has 0 bridgehead atoms. The predicted octanol–water partition coefficient (Wildman–Crippen LogP) is 5.01. The molecule has 0 aliphatic heterocycles. The molecule has 3 rings (SSSR count). The standard InChI is InChI=1S/C21H19ClN2O3S/c1-14-10-15(2)12-17(11-14)23-21(25)16-8-9-20(19(22)13-16)24-28(26,27)18-6-4-3-5-7-18/h3-13,24H,1-2H3,(H,23,25).